The maximum absolute atomic E-state index is 14.1. The minimum atomic E-state index is -2.87. The molecule has 2 aliphatic heterocycles. The molecule has 1 aromatic carbocycles. The van der Waals surface area contributed by atoms with E-state index >= 15 is 0 Å². The average molecular weight is 856 g/mol. The van der Waals surface area contributed by atoms with Crippen LogP contribution in [0, 0.1) is 17.8 Å². The molecule has 15 nitrogen and oxygen atoms in total. The number of ether oxygens (including phenoxy) is 1. The number of nitrogens with one attached hydrogen (secondary N) is 3. The molecule has 3 N–H and O–H groups in total. The quantitative estimate of drug-likeness (QED) is 0.0671. The van der Waals surface area contributed by atoms with Gasteiger partial charge in [0, 0.05) is 51.1 Å². The van der Waals surface area contributed by atoms with E-state index in [2.05, 4.69) is 43.0 Å². The Kier molecular flexibility index (Phi) is 13.4. The molecule has 4 aromatic rings. The first-order valence-electron chi connectivity index (χ1n) is 21.9. The van der Waals surface area contributed by atoms with Crippen LogP contribution in [0.1, 0.15) is 110 Å². The number of pyridine rings is 1. The molecule has 0 radical (unpaired) electrons. The van der Waals surface area contributed by atoms with Crippen molar-refractivity contribution in [3.8, 4) is 11.5 Å². The number of halogens is 2. The second-order valence-electron chi connectivity index (χ2n) is 17.2. The summed E-state index contributed by atoms with van der Waals surface area (Å²) in [6.07, 6.45) is 10.6. The fourth-order valence-corrected chi connectivity index (χ4v) is 9.02. The monoisotopic (exact) mass is 855 g/mol. The topological polar surface area (TPSA) is 177 Å². The van der Waals surface area contributed by atoms with Crippen molar-refractivity contribution in [2.24, 2.45) is 17.8 Å². The zero-order valence-corrected chi connectivity index (χ0v) is 35.3. The van der Waals surface area contributed by atoms with E-state index in [0.29, 0.717) is 42.9 Å². The zero-order chi connectivity index (χ0) is 43.3. The number of amides is 4. The van der Waals surface area contributed by atoms with Crippen molar-refractivity contribution in [3.05, 3.63) is 71.5 Å². The van der Waals surface area contributed by atoms with Crippen LogP contribution in [-0.2, 0) is 25.5 Å². The Morgan fingerprint density at radius 3 is 2.63 bits per heavy atom. The van der Waals surface area contributed by atoms with Gasteiger partial charge in [0.25, 0.3) is 12.3 Å². The molecule has 2 atom stereocenters. The molecule has 62 heavy (non-hydrogen) atoms. The molecule has 4 amide bonds. The van der Waals surface area contributed by atoms with Crippen molar-refractivity contribution < 1.29 is 37.1 Å². The summed E-state index contributed by atoms with van der Waals surface area (Å²) in [7, 11) is 3.84. The maximum atomic E-state index is 14.1. The second-order valence-corrected chi connectivity index (χ2v) is 17.2. The molecule has 2 saturated carbocycles. The van der Waals surface area contributed by atoms with E-state index in [1.165, 1.54) is 25.3 Å². The van der Waals surface area contributed by atoms with E-state index in [4.69, 9.17) is 9.15 Å². The van der Waals surface area contributed by atoms with E-state index in [9.17, 15) is 28.0 Å². The number of hydrogen-bond acceptors (Lipinski definition) is 11. The normalized spacial score (nSPS) is 21.5. The van der Waals surface area contributed by atoms with Gasteiger partial charge in [0.2, 0.25) is 23.6 Å². The van der Waals surface area contributed by atoms with Crippen LogP contribution >= 0.6 is 0 Å². The van der Waals surface area contributed by atoms with Gasteiger partial charge in [0.05, 0.1) is 35.9 Å². The number of anilines is 3. The molecular formula is C45H55F2N9O6. The molecule has 4 aliphatic rings. The second kappa shape index (κ2) is 19.2. The summed E-state index contributed by atoms with van der Waals surface area (Å²) in [4.78, 5) is 63.3. The highest BCUT2D eigenvalue weighted by Crippen LogP contribution is 2.45. The van der Waals surface area contributed by atoms with E-state index < -0.39 is 29.9 Å². The lowest BCUT2D eigenvalue weighted by molar-refractivity contribution is -0.139. The first kappa shape index (κ1) is 43.1. The molecule has 5 heterocycles. The molecule has 0 bridgehead atoms. The number of likely N-dealkylation sites (N-methyl/N-ethyl adjacent to an activating group) is 2. The van der Waals surface area contributed by atoms with Gasteiger partial charge in [-0.3, -0.25) is 29.2 Å². The predicted octanol–water partition coefficient (Wildman–Crippen LogP) is 6.76. The van der Waals surface area contributed by atoms with Crippen LogP contribution in [0.2, 0.25) is 0 Å². The summed E-state index contributed by atoms with van der Waals surface area (Å²) in [5.41, 5.74) is 2.86. The Hall–Kier alpha value is -5.55. The standard InChI is InChI=1S/C45H55F2N9O6/c1-54(20-22-61-21-4-6-29-5-3-7-32-38(45(60)55(2)40(29)32)33-14-15-37(57)52-42(33)58)19-17-27-10-12-31(13-11-27)56-25-34(39(53-56)41(46)47)50-43(59)35-26-62-44(51-35)30-16-18-48-36(23-30)49-24-28-8-9-28/h3,5,7,16,18,23,25-28,31,33,38,41H,4,6,8-15,17,19-22,24H2,1-2H3,(H,48,49)(H,50,59)(H,52,57,58)/t27-,31-,33?,38?. The third-order valence-corrected chi connectivity index (χ3v) is 12.8. The van der Waals surface area contributed by atoms with E-state index in [0.717, 1.165) is 81.4 Å². The third-order valence-electron chi connectivity index (χ3n) is 12.8. The fourth-order valence-electron chi connectivity index (χ4n) is 9.02. The third kappa shape index (κ3) is 10.0. The number of oxazole rings is 1. The van der Waals surface area contributed by atoms with Gasteiger partial charge in [0.15, 0.2) is 11.4 Å². The number of benzene rings is 1. The SMILES string of the molecule is CN(CCOCCCc1cccc2c1N(C)C(=O)C2C1CCC(=O)NC1=O)CC[C@H]1CC[C@H](n2cc(NC(=O)c3coc(-c4ccnc(NCC5CC5)c4)n3)c(C(F)F)n2)CC1. The van der Waals surface area contributed by atoms with Gasteiger partial charge in [-0.15, -0.1) is 0 Å². The molecule has 330 valence electrons. The largest absolute Gasteiger partial charge is 0.444 e. The van der Waals surface area contributed by atoms with Crippen molar-refractivity contribution in [2.45, 2.75) is 89.0 Å². The number of carbonyl (C=O) groups excluding carboxylic acids is 4. The predicted molar refractivity (Wildman–Crippen MR) is 227 cm³/mol. The maximum Gasteiger partial charge on any atom is 0.284 e. The van der Waals surface area contributed by atoms with Gasteiger partial charge >= 0.3 is 0 Å². The number of alkyl halides is 2. The summed E-state index contributed by atoms with van der Waals surface area (Å²) in [6.45, 7) is 3.73. The van der Waals surface area contributed by atoms with E-state index in [-0.39, 0.29) is 47.5 Å². The van der Waals surface area contributed by atoms with E-state index in [1.54, 1.807) is 35.0 Å². The molecule has 3 fully saturated rings. The summed E-state index contributed by atoms with van der Waals surface area (Å²) >= 11 is 0. The first-order valence-corrected chi connectivity index (χ1v) is 21.9. The van der Waals surface area contributed by atoms with Crippen LogP contribution < -0.4 is 20.9 Å². The summed E-state index contributed by atoms with van der Waals surface area (Å²) < 4.78 is 41.4. The number of rotatable bonds is 19. The lowest BCUT2D eigenvalue weighted by Gasteiger charge is -2.30. The molecule has 17 heteroatoms. The average Bonchev–Trinajstić information content (AvgIpc) is 3.67. The number of fused-ring (bicyclic) bond motifs is 1. The zero-order valence-electron chi connectivity index (χ0n) is 35.3. The van der Waals surface area contributed by atoms with E-state index in [1.807, 2.05) is 18.2 Å². The number of carbonyl (C=O) groups is 4. The van der Waals surface area contributed by atoms with Crippen LogP contribution in [0.25, 0.3) is 11.5 Å². The number of piperidine rings is 1. The molecule has 8 rings (SSSR count). The van der Waals surface area contributed by atoms with Crippen LogP contribution in [0.3, 0.4) is 0 Å². The molecule has 2 aliphatic carbocycles. The van der Waals surface area contributed by atoms with Gasteiger partial charge < -0.3 is 29.6 Å². The fraction of sp³-hybridized carbons (Fsp3) is 0.533. The van der Waals surface area contributed by atoms with Crippen molar-refractivity contribution in [2.75, 3.05) is 62.5 Å². The van der Waals surface area contributed by atoms with Crippen LogP contribution in [0.5, 0.6) is 0 Å². The Morgan fingerprint density at radius 1 is 1.05 bits per heavy atom. The minimum Gasteiger partial charge on any atom is -0.444 e. The van der Waals surface area contributed by atoms with Crippen molar-refractivity contribution in [1.82, 2.24) is 30.0 Å². The molecule has 1 saturated heterocycles. The highest BCUT2D eigenvalue weighted by Gasteiger charge is 2.45. The number of aryl methyl sites for hydroxylation is 1. The first-order chi connectivity index (χ1) is 30.0. The summed E-state index contributed by atoms with van der Waals surface area (Å²) in [6, 6.07) is 9.36. The Bertz CT molecular complexity index is 2250. The van der Waals surface area contributed by atoms with Crippen LogP contribution in [0.4, 0.5) is 26.0 Å². The van der Waals surface area contributed by atoms with Crippen molar-refractivity contribution in [3.63, 3.8) is 0 Å². The summed E-state index contributed by atoms with van der Waals surface area (Å²) in [5, 5.41) is 12.5. The lowest BCUT2D eigenvalue weighted by Crippen LogP contribution is -2.44. The minimum absolute atomic E-state index is 0.0304. The van der Waals surface area contributed by atoms with Gasteiger partial charge in [0.1, 0.15) is 12.1 Å². The Morgan fingerprint density at radius 2 is 1.85 bits per heavy atom. The van der Waals surface area contributed by atoms with Crippen molar-refractivity contribution >= 4 is 40.8 Å². The number of imide groups is 1. The molecule has 0 spiro atoms. The molecular weight excluding hydrogens is 801 g/mol. The van der Waals surface area contributed by atoms with Crippen molar-refractivity contribution in [1.29, 1.82) is 0 Å². The number of para-hydroxylation sites is 1. The highest BCUT2D eigenvalue weighted by atomic mass is 19.3. The van der Waals surface area contributed by atoms with Gasteiger partial charge in [-0.25, -0.2) is 18.7 Å². The number of aromatic nitrogens is 4. The van der Waals surface area contributed by atoms with Crippen LogP contribution in [0.15, 0.2) is 53.4 Å². The smallest absolute Gasteiger partial charge is 0.284 e. The lowest BCUT2D eigenvalue weighted by atomic mass is 9.81. The molecule has 2 unspecified atom stereocenters. The van der Waals surface area contributed by atoms with Gasteiger partial charge in [-0.1, -0.05) is 18.2 Å². The Balaban J connectivity index is 0.743. The molecule has 3 aromatic heterocycles. The number of nitrogens with zero attached hydrogens (tertiary/aromatic N) is 6. The number of hydrogen-bond donors (Lipinski definition) is 3. The van der Waals surface area contributed by atoms with Gasteiger partial charge in [-0.05, 0) is 113 Å². The summed E-state index contributed by atoms with van der Waals surface area (Å²) in [5.74, 6) is -0.468. The van der Waals surface area contributed by atoms with Gasteiger partial charge in [-0.2, -0.15) is 5.10 Å². The van der Waals surface area contributed by atoms with Crippen LogP contribution in [-0.4, -0.2) is 95.2 Å². The highest BCUT2D eigenvalue weighted by molar-refractivity contribution is 6.10. The Labute approximate surface area is 359 Å².